The van der Waals surface area contributed by atoms with Crippen LogP contribution in [-0.2, 0) is 0 Å². The molecule has 0 bridgehead atoms. The van der Waals surface area contributed by atoms with Gasteiger partial charge in [-0.1, -0.05) is 6.07 Å². The molecule has 0 spiro atoms. The van der Waals surface area contributed by atoms with E-state index < -0.39 is 5.82 Å². The summed E-state index contributed by atoms with van der Waals surface area (Å²) in [5, 5.41) is 8.82. The average Bonchev–Trinajstić information content (AvgIpc) is 2.39. The molecule has 84 valence electrons. The summed E-state index contributed by atoms with van der Waals surface area (Å²) in [5.74, 6) is -0.610. The fourth-order valence-corrected chi connectivity index (χ4v) is 1.56. The largest absolute Gasteiger partial charge is 0.492 e. The van der Waals surface area contributed by atoms with Gasteiger partial charge in [-0.25, -0.2) is 4.39 Å². The Labute approximate surface area is 98.1 Å². The minimum atomic E-state index is -0.565. The number of methoxy groups -OCH3 is 1. The summed E-state index contributed by atoms with van der Waals surface area (Å²) in [5.41, 5.74) is 0.999. The highest BCUT2D eigenvalue weighted by Crippen LogP contribution is 2.30. The standard InChI is InChI=1S/C13H9FN2O/c1-17-13-9(8-15)5-6-10(12(13)14)11-4-2-3-7-16-11/h2-7H,1H3. The molecule has 0 fully saturated rings. The molecule has 4 heteroatoms. The fraction of sp³-hybridized carbons (Fsp3) is 0.0769. The molecule has 0 saturated heterocycles. The minimum absolute atomic E-state index is 0.0457. The Morgan fingerprint density at radius 2 is 2.12 bits per heavy atom. The second-order valence-electron chi connectivity index (χ2n) is 3.33. The molecule has 1 aromatic heterocycles. The highest BCUT2D eigenvalue weighted by Gasteiger charge is 2.15. The van der Waals surface area contributed by atoms with Gasteiger partial charge in [0, 0.05) is 11.8 Å². The van der Waals surface area contributed by atoms with Crippen molar-refractivity contribution >= 4 is 0 Å². The van der Waals surface area contributed by atoms with Gasteiger partial charge in [0.2, 0.25) is 0 Å². The van der Waals surface area contributed by atoms with Gasteiger partial charge < -0.3 is 4.74 Å². The zero-order valence-electron chi connectivity index (χ0n) is 9.14. The van der Waals surface area contributed by atoms with Crippen molar-refractivity contribution in [1.82, 2.24) is 4.98 Å². The lowest BCUT2D eigenvalue weighted by atomic mass is 10.1. The molecule has 3 nitrogen and oxygen atoms in total. The van der Waals surface area contributed by atoms with E-state index in [4.69, 9.17) is 10.00 Å². The highest BCUT2D eigenvalue weighted by atomic mass is 19.1. The summed E-state index contributed by atoms with van der Waals surface area (Å²) in [4.78, 5) is 4.06. The molecule has 2 rings (SSSR count). The summed E-state index contributed by atoms with van der Waals surface area (Å²) < 4.78 is 19.0. The van der Waals surface area contributed by atoms with Crippen LogP contribution in [0.15, 0.2) is 36.5 Å². The first-order chi connectivity index (χ1) is 8.27. The maximum Gasteiger partial charge on any atom is 0.175 e. The maximum atomic E-state index is 14.1. The number of nitriles is 1. The van der Waals surface area contributed by atoms with Crippen molar-refractivity contribution in [2.24, 2.45) is 0 Å². The predicted molar refractivity (Wildman–Crippen MR) is 60.9 cm³/mol. The van der Waals surface area contributed by atoms with Crippen molar-refractivity contribution < 1.29 is 9.13 Å². The van der Waals surface area contributed by atoms with E-state index in [0.29, 0.717) is 11.3 Å². The number of halogens is 1. The molecule has 0 N–H and O–H groups in total. The lowest BCUT2D eigenvalue weighted by Crippen LogP contribution is -1.96. The van der Waals surface area contributed by atoms with Crippen molar-refractivity contribution in [2.45, 2.75) is 0 Å². The van der Waals surface area contributed by atoms with Crippen molar-refractivity contribution in [3.05, 3.63) is 47.9 Å². The van der Waals surface area contributed by atoms with Gasteiger partial charge in [-0.05, 0) is 24.3 Å². The van der Waals surface area contributed by atoms with Crippen LogP contribution in [0.1, 0.15) is 5.56 Å². The van der Waals surface area contributed by atoms with E-state index in [1.54, 1.807) is 24.4 Å². The van der Waals surface area contributed by atoms with Crippen LogP contribution in [0.2, 0.25) is 0 Å². The van der Waals surface area contributed by atoms with E-state index in [-0.39, 0.29) is 11.3 Å². The van der Waals surface area contributed by atoms with Crippen LogP contribution in [0.5, 0.6) is 5.75 Å². The molecule has 0 amide bonds. The smallest absolute Gasteiger partial charge is 0.175 e. The Morgan fingerprint density at radius 1 is 1.29 bits per heavy atom. The Bertz CT molecular complexity index is 576. The molecule has 0 radical (unpaired) electrons. The van der Waals surface area contributed by atoms with Crippen molar-refractivity contribution in [2.75, 3.05) is 7.11 Å². The number of benzene rings is 1. The van der Waals surface area contributed by atoms with E-state index in [9.17, 15) is 4.39 Å². The monoisotopic (exact) mass is 228 g/mol. The van der Waals surface area contributed by atoms with Crippen molar-refractivity contribution in [3.8, 4) is 23.1 Å². The topological polar surface area (TPSA) is 45.9 Å². The van der Waals surface area contributed by atoms with Gasteiger partial charge in [-0.15, -0.1) is 0 Å². The van der Waals surface area contributed by atoms with E-state index in [1.807, 2.05) is 6.07 Å². The van der Waals surface area contributed by atoms with Gasteiger partial charge in [0.15, 0.2) is 11.6 Å². The summed E-state index contributed by atoms with van der Waals surface area (Å²) in [6.45, 7) is 0. The maximum absolute atomic E-state index is 14.1. The van der Waals surface area contributed by atoms with Gasteiger partial charge in [-0.3, -0.25) is 4.98 Å². The number of hydrogen-bond donors (Lipinski definition) is 0. The average molecular weight is 228 g/mol. The van der Waals surface area contributed by atoms with Crippen LogP contribution in [-0.4, -0.2) is 12.1 Å². The lowest BCUT2D eigenvalue weighted by molar-refractivity contribution is 0.386. The first kappa shape index (κ1) is 11.1. The number of ether oxygens (including phenoxy) is 1. The van der Waals surface area contributed by atoms with Crippen LogP contribution < -0.4 is 4.74 Å². The van der Waals surface area contributed by atoms with Gasteiger partial charge >= 0.3 is 0 Å². The van der Waals surface area contributed by atoms with Crippen LogP contribution in [0.25, 0.3) is 11.3 Å². The molecule has 0 saturated carbocycles. The predicted octanol–water partition coefficient (Wildman–Crippen LogP) is 2.77. The SMILES string of the molecule is COc1c(C#N)ccc(-c2ccccn2)c1F. The molecule has 17 heavy (non-hydrogen) atoms. The zero-order chi connectivity index (χ0) is 12.3. The van der Waals surface area contributed by atoms with Crippen molar-refractivity contribution in [1.29, 1.82) is 5.26 Å². The van der Waals surface area contributed by atoms with Crippen molar-refractivity contribution in [3.63, 3.8) is 0 Å². The number of pyridine rings is 1. The van der Waals surface area contributed by atoms with Gasteiger partial charge in [0.1, 0.15) is 6.07 Å². The first-order valence-corrected chi connectivity index (χ1v) is 4.96. The van der Waals surface area contributed by atoms with E-state index in [0.717, 1.165) is 0 Å². The first-order valence-electron chi connectivity index (χ1n) is 4.96. The molecule has 0 aliphatic carbocycles. The normalized spacial score (nSPS) is 9.71. The number of hydrogen-bond acceptors (Lipinski definition) is 3. The second-order valence-corrected chi connectivity index (χ2v) is 3.33. The third-order valence-electron chi connectivity index (χ3n) is 2.36. The molecule has 0 aliphatic heterocycles. The summed E-state index contributed by atoms with van der Waals surface area (Å²) in [7, 11) is 1.33. The molecular formula is C13H9FN2O. The molecule has 2 aromatic rings. The highest BCUT2D eigenvalue weighted by molar-refractivity contribution is 5.65. The summed E-state index contributed by atoms with van der Waals surface area (Å²) >= 11 is 0. The number of aromatic nitrogens is 1. The lowest BCUT2D eigenvalue weighted by Gasteiger charge is -2.08. The Morgan fingerprint density at radius 3 is 2.71 bits per heavy atom. The zero-order valence-corrected chi connectivity index (χ0v) is 9.14. The minimum Gasteiger partial charge on any atom is -0.492 e. The third-order valence-corrected chi connectivity index (χ3v) is 2.36. The molecular weight excluding hydrogens is 219 g/mol. The summed E-state index contributed by atoms with van der Waals surface area (Å²) in [6, 6.07) is 10.1. The Kier molecular flexibility index (Phi) is 3.01. The van der Waals surface area contributed by atoms with Gasteiger partial charge in [-0.2, -0.15) is 5.26 Å². The fourth-order valence-electron chi connectivity index (χ4n) is 1.56. The van der Waals surface area contributed by atoms with Crippen LogP contribution in [0, 0.1) is 17.1 Å². The van der Waals surface area contributed by atoms with E-state index in [1.165, 1.54) is 19.2 Å². The van der Waals surface area contributed by atoms with E-state index >= 15 is 0 Å². The number of rotatable bonds is 2. The molecule has 0 unspecified atom stereocenters. The van der Waals surface area contributed by atoms with Gasteiger partial charge in [0.25, 0.3) is 0 Å². The van der Waals surface area contributed by atoms with Gasteiger partial charge in [0.05, 0.1) is 18.4 Å². The second kappa shape index (κ2) is 4.62. The Balaban J connectivity index is 2.63. The molecule has 1 heterocycles. The quantitative estimate of drug-likeness (QED) is 0.793. The molecule has 1 aromatic carbocycles. The van der Waals surface area contributed by atoms with E-state index in [2.05, 4.69) is 4.98 Å². The summed E-state index contributed by atoms with van der Waals surface area (Å²) in [6.07, 6.45) is 1.58. The van der Waals surface area contributed by atoms with Crippen LogP contribution in [0.3, 0.4) is 0 Å². The Hall–Kier alpha value is -2.41. The number of nitrogens with zero attached hydrogens (tertiary/aromatic N) is 2. The van der Waals surface area contributed by atoms with Crippen LogP contribution in [0.4, 0.5) is 4.39 Å². The third kappa shape index (κ3) is 1.95. The van der Waals surface area contributed by atoms with Crippen LogP contribution >= 0.6 is 0 Å². The molecule has 0 atom stereocenters. The molecule has 0 aliphatic rings.